The zero-order valence-corrected chi connectivity index (χ0v) is 17.2. The first kappa shape index (κ1) is 19.2. The average Bonchev–Trinajstić information content (AvgIpc) is 2.98. The Morgan fingerprint density at radius 1 is 1.10 bits per heavy atom. The number of carbonyl (C=O) groups excluding carboxylic acids is 2. The number of hydrogen-bond donors (Lipinski definition) is 0. The van der Waals surface area contributed by atoms with Gasteiger partial charge in [0.05, 0.1) is 16.8 Å². The average molecular weight is 415 g/mol. The number of hydrogen-bond acceptors (Lipinski definition) is 4. The Bertz CT molecular complexity index is 1440. The number of rotatable bonds is 2. The van der Waals surface area contributed by atoms with Gasteiger partial charge >= 0.3 is 5.63 Å². The molecule has 154 valence electrons. The number of fused-ring (bicyclic) bond motifs is 1. The van der Waals surface area contributed by atoms with Crippen molar-refractivity contribution in [2.75, 3.05) is 4.90 Å². The Balaban J connectivity index is 1.69. The third-order valence-corrected chi connectivity index (χ3v) is 5.78. The molecule has 1 aromatic heterocycles. The fourth-order valence-electron chi connectivity index (χ4n) is 4.49. The topological polar surface area (TPSA) is 67.6 Å². The smallest absolute Gasteiger partial charge is 0.347 e. The number of anilines is 1. The van der Waals surface area contributed by atoms with E-state index in [-0.39, 0.29) is 11.1 Å². The molecule has 0 N–H and O–H groups in total. The lowest BCUT2D eigenvalue weighted by Gasteiger charge is -2.38. The summed E-state index contributed by atoms with van der Waals surface area (Å²) in [6.07, 6.45) is 3.02. The molecule has 0 radical (unpaired) electrons. The molecule has 0 atom stereocenters. The lowest BCUT2D eigenvalue weighted by molar-refractivity contribution is -0.113. The van der Waals surface area contributed by atoms with Gasteiger partial charge in [-0.15, -0.1) is 0 Å². The molecule has 2 aromatic carbocycles. The summed E-state index contributed by atoms with van der Waals surface area (Å²) in [4.78, 5) is 40.3. The van der Waals surface area contributed by atoms with Gasteiger partial charge in [-0.2, -0.15) is 0 Å². The van der Waals surface area contributed by atoms with Gasteiger partial charge in [-0.3, -0.25) is 14.5 Å². The van der Waals surface area contributed by atoms with Crippen LogP contribution in [0.2, 0.25) is 0 Å². The van der Waals surface area contributed by atoms with Crippen LogP contribution in [0.25, 0.3) is 22.1 Å². The molecule has 3 aromatic rings. The number of nitrogens with zero attached hydrogens (tertiary/aromatic N) is 1. The van der Waals surface area contributed by atoms with Gasteiger partial charge in [-0.25, -0.2) is 9.18 Å². The van der Waals surface area contributed by atoms with Crippen LogP contribution in [0.3, 0.4) is 0 Å². The van der Waals surface area contributed by atoms with E-state index in [1.54, 1.807) is 29.2 Å². The quantitative estimate of drug-likeness (QED) is 0.344. The van der Waals surface area contributed by atoms with Gasteiger partial charge in [-0.1, -0.05) is 24.3 Å². The summed E-state index contributed by atoms with van der Waals surface area (Å²) < 4.78 is 19.6. The maximum Gasteiger partial charge on any atom is 0.347 e. The second-order valence-corrected chi connectivity index (χ2v) is 8.38. The van der Waals surface area contributed by atoms with Crippen LogP contribution in [-0.4, -0.2) is 17.2 Å². The van der Waals surface area contributed by atoms with Crippen LogP contribution in [0, 0.1) is 5.82 Å². The summed E-state index contributed by atoms with van der Waals surface area (Å²) in [5, 5.41) is 0.593. The van der Waals surface area contributed by atoms with Crippen molar-refractivity contribution >= 4 is 39.5 Å². The first-order valence-electron chi connectivity index (χ1n) is 9.84. The van der Waals surface area contributed by atoms with E-state index in [4.69, 9.17) is 4.42 Å². The Hall–Kier alpha value is -3.80. The Morgan fingerprint density at radius 2 is 1.81 bits per heavy atom. The van der Waals surface area contributed by atoms with Crippen LogP contribution < -0.4 is 10.5 Å². The molecule has 0 spiro atoms. The lowest BCUT2D eigenvalue weighted by Crippen LogP contribution is -2.46. The number of amides is 1. The monoisotopic (exact) mass is 415 g/mol. The molecule has 2 aliphatic rings. The predicted molar refractivity (Wildman–Crippen MR) is 116 cm³/mol. The van der Waals surface area contributed by atoms with Crippen molar-refractivity contribution in [3.05, 3.63) is 87.5 Å². The lowest BCUT2D eigenvalue weighted by atomic mass is 9.89. The van der Waals surface area contributed by atoms with Crippen molar-refractivity contribution in [1.29, 1.82) is 0 Å². The molecule has 5 nitrogen and oxygen atoms in total. The Labute approximate surface area is 177 Å². The number of halogens is 1. The van der Waals surface area contributed by atoms with Crippen molar-refractivity contribution in [3.63, 3.8) is 0 Å². The molecule has 3 heterocycles. The molecule has 0 aliphatic carbocycles. The fraction of sp³-hybridized carbons (Fsp3) is 0.160. The summed E-state index contributed by atoms with van der Waals surface area (Å²) >= 11 is 0. The normalized spacial score (nSPS) is 17.8. The summed E-state index contributed by atoms with van der Waals surface area (Å²) in [6, 6.07) is 10.9. The third-order valence-electron chi connectivity index (χ3n) is 5.78. The van der Waals surface area contributed by atoms with Crippen molar-refractivity contribution in [1.82, 2.24) is 0 Å². The molecule has 2 aliphatic heterocycles. The minimum atomic E-state index is -0.787. The highest BCUT2D eigenvalue weighted by atomic mass is 19.1. The van der Waals surface area contributed by atoms with Crippen molar-refractivity contribution in [3.8, 4) is 0 Å². The molecular weight excluding hydrogens is 397 g/mol. The van der Waals surface area contributed by atoms with Crippen LogP contribution in [-0.2, 0) is 4.79 Å². The minimum absolute atomic E-state index is 0.0597. The predicted octanol–water partition coefficient (Wildman–Crippen LogP) is 4.74. The fourth-order valence-corrected chi connectivity index (χ4v) is 4.49. The zero-order chi connectivity index (χ0) is 22.1. The van der Waals surface area contributed by atoms with E-state index in [1.165, 1.54) is 18.2 Å². The first-order chi connectivity index (χ1) is 14.7. The highest BCUT2D eigenvalue weighted by molar-refractivity contribution is 6.37. The van der Waals surface area contributed by atoms with Gasteiger partial charge in [0, 0.05) is 16.5 Å². The number of carbonyl (C=O) groups is 2. The van der Waals surface area contributed by atoms with Crippen molar-refractivity contribution in [2.45, 2.75) is 26.3 Å². The van der Waals surface area contributed by atoms with Crippen molar-refractivity contribution < 1.29 is 18.4 Å². The van der Waals surface area contributed by atoms with E-state index < -0.39 is 28.7 Å². The third kappa shape index (κ3) is 2.79. The number of benzene rings is 2. The molecule has 5 rings (SSSR count). The van der Waals surface area contributed by atoms with Crippen LogP contribution in [0.5, 0.6) is 0 Å². The zero-order valence-electron chi connectivity index (χ0n) is 17.2. The number of ketones is 1. The maximum atomic E-state index is 14.4. The largest absolute Gasteiger partial charge is 0.422 e. The van der Waals surface area contributed by atoms with E-state index in [9.17, 15) is 18.8 Å². The SMILES string of the molecule is CC1=CC(C)(C)N2C(=O)C(=CC(=O)c3cc4ccccc4oc3=O)c3cc(F)cc1c32. The van der Waals surface area contributed by atoms with E-state index in [2.05, 4.69) is 0 Å². The molecule has 0 saturated carbocycles. The second-order valence-electron chi connectivity index (χ2n) is 8.38. The van der Waals surface area contributed by atoms with Crippen molar-refractivity contribution in [2.24, 2.45) is 0 Å². The molecule has 31 heavy (non-hydrogen) atoms. The molecule has 0 fully saturated rings. The van der Waals surface area contributed by atoms with Gasteiger partial charge in [0.15, 0.2) is 5.78 Å². The van der Waals surface area contributed by atoms with Gasteiger partial charge in [0.2, 0.25) is 0 Å². The summed E-state index contributed by atoms with van der Waals surface area (Å²) in [5.41, 5.74) is 1.21. The molecule has 0 saturated heterocycles. The Kier molecular flexibility index (Phi) is 3.93. The van der Waals surface area contributed by atoms with Crippen LogP contribution in [0.1, 0.15) is 42.3 Å². The van der Waals surface area contributed by atoms with Gasteiger partial charge in [0.25, 0.3) is 5.91 Å². The van der Waals surface area contributed by atoms with Crippen LogP contribution >= 0.6 is 0 Å². The summed E-state index contributed by atoms with van der Waals surface area (Å²) in [5.74, 6) is -1.57. The highest BCUT2D eigenvalue weighted by Gasteiger charge is 2.45. The second kappa shape index (κ2) is 6.35. The van der Waals surface area contributed by atoms with E-state index in [0.29, 0.717) is 27.8 Å². The molecule has 0 unspecified atom stereocenters. The van der Waals surface area contributed by atoms with Crippen LogP contribution in [0.15, 0.2) is 63.8 Å². The summed E-state index contributed by atoms with van der Waals surface area (Å²) in [7, 11) is 0. The van der Waals surface area contributed by atoms with Gasteiger partial charge in [0.1, 0.15) is 17.0 Å². The van der Waals surface area contributed by atoms with Gasteiger partial charge < -0.3 is 4.42 Å². The first-order valence-corrected chi connectivity index (χ1v) is 9.84. The molecule has 0 bridgehead atoms. The molecule has 6 heteroatoms. The molecule has 1 amide bonds. The minimum Gasteiger partial charge on any atom is -0.422 e. The Morgan fingerprint density at radius 3 is 2.58 bits per heavy atom. The van der Waals surface area contributed by atoms with E-state index in [0.717, 1.165) is 11.6 Å². The number of allylic oxidation sites excluding steroid dienone is 2. The highest BCUT2D eigenvalue weighted by Crippen LogP contribution is 2.49. The van der Waals surface area contributed by atoms with E-state index in [1.807, 2.05) is 26.8 Å². The molecular formula is C25H18FNO4. The van der Waals surface area contributed by atoms with Crippen LogP contribution in [0.4, 0.5) is 10.1 Å². The van der Waals surface area contributed by atoms with E-state index >= 15 is 0 Å². The summed E-state index contributed by atoms with van der Waals surface area (Å²) in [6.45, 7) is 5.63. The van der Waals surface area contributed by atoms with Gasteiger partial charge in [-0.05, 0) is 56.7 Å². The standard InChI is InChI=1S/C25H18FNO4/c1-13-12-25(2,3)27-22-16(13)9-15(26)10-17(22)18(23(27)29)11-20(28)19-8-14-6-4-5-7-21(14)31-24(19)30/h4-12H,1-3H3. The maximum absolute atomic E-state index is 14.4. The number of para-hydroxylation sites is 1.